The van der Waals surface area contributed by atoms with Crippen LogP contribution in [0.4, 0.5) is 11.4 Å². The van der Waals surface area contributed by atoms with E-state index in [2.05, 4.69) is 27.3 Å². The topological polar surface area (TPSA) is 63.1 Å². The van der Waals surface area contributed by atoms with E-state index < -0.39 is 0 Å². The maximum Gasteiger partial charge on any atom is 0.272 e. The monoisotopic (exact) mass is 453 g/mol. The van der Waals surface area contributed by atoms with E-state index in [1.807, 2.05) is 93.6 Å². The van der Waals surface area contributed by atoms with Crippen LogP contribution in [0.2, 0.25) is 0 Å². The first kappa shape index (κ1) is 23.3. The SMILES string of the molecule is CC(C)(C)CC(=O)Nc1ccc2c(c1)cc(C(=O)Nc1ccccc1)n2CCc1ccccc1. The highest BCUT2D eigenvalue weighted by Crippen LogP contribution is 2.26. The molecular weight excluding hydrogens is 422 g/mol. The van der Waals surface area contributed by atoms with Crippen molar-refractivity contribution in [2.45, 2.75) is 40.2 Å². The predicted octanol–water partition coefficient (Wildman–Crippen LogP) is 6.51. The van der Waals surface area contributed by atoms with E-state index in [9.17, 15) is 9.59 Å². The molecule has 0 bridgehead atoms. The van der Waals surface area contributed by atoms with Gasteiger partial charge in [-0.05, 0) is 53.8 Å². The lowest BCUT2D eigenvalue weighted by atomic mass is 9.92. The van der Waals surface area contributed by atoms with E-state index in [-0.39, 0.29) is 17.2 Å². The maximum absolute atomic E-state index is 13.2. The molecule has 0 aliphatic rings. The fourth-order valence-corrected chi connectivity index (χ4v) is 4.07. The van der Waals surface area contributed by atoms with Gasteiger partial charge in [0.2, 0.25) is 5.91 Å². The zero-order chi connectivity index (χ0) is 24.1. The van der Waals surface area contributed by atoms with Crippen LogP contribution >= 0.6 is 0 Å². The molecule has 5 heteroatoms. The number of hydrogen-bond donors (Lipinski definition) is 2. The third-order valence-electron chi connectivity index (χ3n) is 5.61. The average Bonchev–Trinajstić information content (AvgIpc) is 3.15. The summed E-state index contributed by atoms with van der Waals surface area (Å²) in [6, 6.07) is 27.4. The molecule has 0 aliphatic carbocycles. The number of nitrogens with zero attached hydrogens (tertiary/aromatic N) is 1. The Labute approximate surface area is 200 Å². The van der Waals surface area contributed by atoms with Gasteiger partial charge in [0.05, 0.1) is 0 Å². The molecule has 0 saturated carbocycles. The second kappa shape index (κ2) is 9.96. The minimum Gasteiger partial charge on any atom is -0.336 e. The van der Waals surface area contributed by atoms with Gasteiger partial charge in [0, 0.05) is 35.2 Å². The van der Waals surface area contributed by atoms with Gasteiger partial charge in [-0.3, -0.25) is 9.59 Å². The molecule has 5 nitrogen and oxygen atoms in total. The number of aryl methyl sites for hydroxylation is 2. The number of aromatic nitrogens is 1. The van der Waals surface area contributed by atoms with Crippen molar-refractivity contribution < 1.29 is 9.59 Å². The lowest BCUT2D eigenvalue weighted by Crippen LogP contribution is -2.19. The Balaban J connectivity index is 1.64. The molecule has 0 radical (unpaired) electrons. The summed E-state index contributed by atoms with van der Waals surface area (Å²) >= 11 is 0. The van der Waals surface area contributed by atoms with Crippen molar-refractivity contribution in [3.8, 4) is 0 Å². The van der Waals surface area contributed by atoms with Gasteiger partial charge in [0.25, 0.3) is 5.91 Å². The Morgan fingerprint density at radius 1 is 0.794 bits per heavy atom. The Kier molecular flexibility index (Phi) is 6.82. The molecule has 0 atom stereocenters. The van der Waals surface area contributed by atoms with Gasteiger partial charge in [0.1, 0.15) is 5.69 Å². The van der Waals surface area contributed by atoms with Crippen molar-refractivity contribution in [2.75, 3.05) is 10.6 Å². The fraction of sp³-hybridized carbons (Fsp3) is 0.241. The Morgan fingerprint density at radius 2 is 1.47 bits per heavy atom. The number of carbonyl (C=O) groups is 2. The van der Waals surface area contributed by atoms with Gasteiger partial charge >= 0.3 is 0 Å². The van der Waals surface area contributed by atoms with Crippen molar-refractivity contribution in [2.24, 2.45) is 5.41 Å². The Hall–Kier alpha value is -3.86. The van der Waals surface area contributed by atoms with E-state index in [0.717, 1.165) is 28.7 Å². The van der Waals surface area contributed by atoms with Gasteiger partial charge in [-0.2, -0.15) is 0 Å². The highest BCUT2D eigenvalue weighted by molar-refractivity contribution is 6.07. The van der Waals surface area contributed by atoms with Gasteiger partial charge in [-0.25, -0.2) is 0 Å². The standard InChI is InChI=1S/C29H31N3O2/c1-29(2,3)20-27(33)30-24-14-15-25-22(18-24)19-26(28(34)31-23-12-8-5-9-13-23)32(25)17-16-21-10-6-4-7-11-21/h4-15,18-19H,16-17,20H2,1-3H3,(H,30,33)(H,31,34). The summed E-state index contributed by atoms with van der Waals surface area (Å²) < 4.78 is 2.06. The van der Waals surface area contributed by atoms with E-state index >= 15 is 0 Å². The lowest BCUT2D eigenvalue weighted by Gasteiger charge is -2.17. The Morgan fingerprint density at radius 3 is 2.15 bits per heavy atom. The van der Waals surface area contributed by atoms with E-state index in [4.69, 9.17) is 0 Å². The number of fused-ring (bicyclic) bond motifs is 1. The molecule has 3 aromatic carbocycles. The second-order valence-corrected chi connectivity index (χ2v) is 9.80. The third-order valence-corrected chi connectivity index (χ3v) is 5.61. The molecule has 0 unspecified atom stereocenters. The van der Waals surface area contributed by atoms with Crippen LogP contribution in [-0.4, -0.2) is 16.4 Å². The first-order valence-corrected chi connectivity index (χ1v) is 11.6. The van der Waals surface area contributed by atoms with Crippen molar-refractivity contribution in [3.05, 3.63) is 96.2 Å². The summed E-state index contributed by atoms with van der Waals surface area (Å²) in [6.45, 7) is 6.79. The number of amides is 2. The van der Waals surface area contributed by atoms with Crippen molar-refractivity contribution in [3.63, 3.8) is 0 Å². The summed E-state index contributed by atoms with van der Waals surface area (Å²) in [5.74, 6) is -0.175. The molecule has 1 heterocycles. The Bertz CT molecular complexity index is 1290. The highest BCUT2D eigenvalue weighted by Gasteiger charge is 2.18. The number of carbonyl (C=O) groups excluding carboxylic acids is 2. The molecule has 1 aromatic heterocycles. The second-order valence-electron chi connectivity index (χ2n) is 9.80. The summed E-state index contributed by atoms with van der Waals surface area (Å²) in [7, 11) is 0. The van der Waals surface area contributed by atoms with Crippen LogP contribution in [0.5, 0.6) is 0 Å². The molecule has 0 fully saturated rings. The minimum atomic E-state index is -0.159. The molecule has 0 aliphatic heterocycles. The number of benzene rings is 3. The van der Waals surface area contributed by atoms with Gasteiger partial charge in [-0.1, -0.05) is 69.3 Å². The van der Waals surface area contributed by atoms with Crippen LogP contribution in [0.3, 0.4) is 0 Å². The summed E-state index contributed by atoms with van der Waals surface area (Å²) in [6.07, 6.45) is 1.24. The minimum absolute atomic E-state index is 0.0163. The normalized spacial score (nSPS) is 11.4. The molecule has 2 amide bonds. The highest BCUT2D eigenvalue weighted by atomic mass is 16.2. The van der Waals surface area contributed by atoms with E-state index in [1.54, 1.807) is 0 Å². The van der Waals surface area contributed by atoms with Crippen LogP contribution in [-0.2, 0) is 17.8 Å². The lowest BCUT2D eigenvalue weighted by molar-refractivity contribution is -0.117. The predicted molar refractivity (Wildman–Crippen MR) is 139 cm³/mol. The van der Waals surface area contributed by atoms with Crippen LogP contribution in [0.15, 0.2) is 84.9 Å². The van der Waals surface area contributed by atoms with Crippen molar-refractivity contribution >= 4 is 34.1 Å². The summed E-state index contributed by atoms with van der Waals surface area (Å²) in [5, 5.41) is 6.91. The summed E-state index contributed by atoms with van der Waals surface area (Å²) in [5.41, 5.74) is 4.16. The van der Waals surface area contributed by atoms with Crippen LogP contribution in [0.1, 0.15) is 43.2 Å². The fourth-order valence-electron chi connectivity index (χ4n) is 4.07. The smallest absolute Gasteiger partial charge is 0.272 e. The number of rotatable bonds is 7. The molecular formula is C29H31N3O2. The van der Waals surface area contributed by atoms with Crippen molar-refractivity contribution in [1.82, 2.24) is 4.57 Å². The molecule has 0 saturated heterocycles. The van der Waals surface area contributed by atoms with E-state index in [1.165, 1.54) is 5.56 Å². The zero-order valence-corrected chi connectivity index (χ0v) is 20.0. The molecule has 174 valence electrons. The van der Waals surface area contributed by atoms with E-state index in [0.29, 0.717) is 18.7 Å². The quantitative estimate of drug-likeness (QED) is 0.335. The molecule has 2 N–H and O–H groups in total. The van der Waals surface area contributed by atoms with Gasteiger partial charge < -0.3 is 15.2 Å². The first-order chi connectivity index (χ1) is 16.3. The number of nitrogens with one attached hydrogen (secondary N) is 2. The number of anilines is 2. The average molecular weight is 454 g/mol. The molecule has 4 rings (SSSR count). The number of para-hydroxylation sites is 1. The molecule has 0 spiro atoms. The van der Waals surface area contributed by atoms with Crippen LogP contribution < -0.4 is 10.6 Å². The zero-order valence-electron chi connectivity index (χ0n) is 20.0. The van der Waals surface area contributed by atoms with Crippen molar-refractivity contribution in [1.29, 1.82) is 0 Å². The third kappa shape index (κ3) is 5.93. The maximum atomic E-state index is 13.2. The first-order valence-electron chi connectivity index (χ1n) is 11.6. The molecule has 4 aromatic rings. The number of hydrogen-bond acceptors (Lipinski definition) is 2. The largest absolute Gasteiger partial charge is 0.336 e. The van der Waals surface area contributed by atoms with Crippen LogP contribution in [0, 0.1) is 5.41 Å². The van der Waals surface area contributed by atoms with Gasteiger partial charge in [-0.15, -0.1) is 0 Å². The van der Waals surface area contributed by atoms with Crippen LogP contribution in [0.25, 0.3) is 10.9 Å². The summed E-state index contributed by atoms with van der Waals surface area (Å²) in [4.78, 5) is 25.7. The molecule has 34 heavy (non-hydrogen) atoms. The van der Waals surface area contributed by atoms with Gasteiger partial charge in [0.15, 0.2) is 0 Å².